The summed E-state index contributed by atoms with van der Waals surface area (Å²) in [4.78, 5) is 97.2. The number of benzene rings is 2. The summed E-state index contributed by atoms with van der Waals surface area (Å²) in [6.45, 7) is 3.71. The van der Waals surface area contributed by atoms with Crippen molar-refractivity contribution in [2.75, 3.05) is 15.5 Å². The number of barbiturate groups is 1. The first kappa shape index (κ1) is 37.1. The Bertz CT molecular complexity index is 2300. The van der Waals surface area contributed by atoms with Gasteiger partial charge in [-0.1, -0.05) is 38.1 Å². The van der Waals surface area contributed by atoms with Crippen LogP contribution in [0.2, 0.25) is 0 Å². The molecule has 0 saturated carbocycles. The van der Waals surface area contributed by atoms with Gasteiger partial charge in [0, 0.05) is 36.6 Å². The van der Waals surface area contributed by atoms with Crippen LogP contribution < -0.4 is 32.1 Å². The first-order valence-corrected chi connectivity index (χ1v) is 16.6. The van der Waals surface area contributed by atoms with E-state index in [0.29, 0.717) is 35.4 Å². The molecule has 15 heteroatoms. The summed E-state index contributed by atoms with van der Waals surface area (Å²) in [6, 6.07) is 14.4. The molecular weight excluding hydrogens is 682 g/mol. The Hall–Kier alpha value is -7.16. The van der Waals surface area contributed by atoms with Crippen molar-refractivity contribution >= 4 is 58.4 Å². The van der Waals surface area contributed by atoms with Gasteiger partial charge >= 0.3 is 11.7 Å². The number of urea groups is 1. The zero-order valence-electron chi connectivity index (χ0n) is 28.7. The summed E-state index contributed by atoms with van der Waals surface area (Å²) in [6.07, 6.45) is 10.1. The number of aromatic nitrogens is 3. The molecule has 0 radical (unpaired) electrons. The van der Waals surface area contributed by atoms with Crippen LogP contribution in [0.1, 0.15) is 50.7 Å². The van der Waals surface area contributed by atoms with Gasteiger partial charge in [0.2, 0.25) is 17.7 Å². The van der Waals surface area contributed by atoms with Crippen molar-refractivity contribution in [3.8, 4) is 11.6 Å². The van der Waals surface area contributed by atoms with Gasteiger partial charge in [0.25, 0.3) is 17.4 Å². The van der Waals surface area contributed by atoms with Crippen molar-refractivity contribution in [2.45, 2.75) is 39.5 Å². The second-order valence-corrected chi connectivity index (χ2v) is 11.7. The number of nitrogens with zero attached hydrogens (tertiary/aromatic N) is 3. The molecule has 3 heterocycles. The van der Waals surface area contributed by atoms with Crippen LogP contribution >= 0.6 is 0 Å². The first-order chi connectivity index (χ1) is 25.5. The molecular formula is C38H35N7O8. The Balaban J connectivity index is 1.51. The van der Waals surface area contributed by atoms with Gasteiger partial charge in [0.1, 0.15) is 11.1 Å². The summed E-state index contributed by atoms with van der Waals surface area (Å²) in [5.74, 6) is -3.07. The number of imide groups is 2. The minimum atomic E-state index is -0.980. The average molecular weight is 718 g/mol. The number of hydrogen-bond donors (Lipinski definition) is 5. The van der Waals surface area contributed by atoms with Crippen LogP contribution in [0, 0.1) is 0 Å². The van der Waals surface area contributed by atoms with E-state index < -0.39 is 40.5 Å². The van der Waals surface area contributed by atoms with Gasteiger partial charge in [0.15, 0.2) is 0 Å². The lowest BCUT2D eigenvalue weighted by Gasteiger charge is -2.26. The number of amides is 6. The molecule has 270 valence electrons. The highest BCUT2D eigenvalue weighted by atomic mass is 16.3. The van der Waals surface area contributed by atoms with E-state index in [0.717, 1.165) is 9.47 Å². The fraction of sp³-hybridized carbons (Fsp3) is 0.158. The van der Waals surface area contributed by atoms with Crippen molar-refractivity contribution in [2.24, 2.45) is 0 Å². The number of allylic oxidation sites excluding steroid dienone is 4. The number of aromatic hydroxyl groups is 1. The van der Waals surface area contributed by atoms with Crippen LogP contribution in [0.5, 0.6) is 5.88 Å². The Labute approximate surface area is 302 Å². The molecule has 6 amide bonds. The predicted octanol–water partition coefficient (Wildman–Crippen LogP) is 4.41. The smallest absolute Gasteiger partial charge is 0.335 e. The summed E-state index contributed by atoms with van der Waals surface area (Å²) in [5.41, 5.74) is -0.686. The number of carbonyl (C=O) groups is 5. The van der Waals surface area contributed by atoms with Crippen molar-refractivity contribution in [3.63, 3.8) is 0 Å². The first-order valence-electron chi connectivity index (χ1n) is 16.6. The maximum atomic E-state index is 13.6. The summed E-state index contributed by atoms with van der Waals surface area (Å²) >= 11 is 0. The Morgan fingerprint density at radius 1 is 0.849 bits per heavy atom. The number of pyridine rings is 1. The molecule has 5 N–H and O–H groups in total. The number of nitrogens with one attached hydrogen (secondary N) is 4. The van der Waals surface area contributed by atoms with Crippen molar-refractivity contribution in [3.05, 3.63) is 129 Å². The third-order valence-corrected chi connectivity index (χ3v) is 7.82. The standard InChI is InChI=1S/C38H35N7O8/c1-3-7-31(46)40-25-9-5-11-27(21-25)44-35(50)29(33(48)42-37(44)52)15-13-23(24-17-19-39-20-18-24)14-16-30-34(49)43-38(53)45(36(30)51)28-12-6-10-26(22-28)41-32(47)8-4-2/h5-6,9-22,48H,3-4,7-8H2,1-2H3,(H,40,46)(H,41,47)(H,42,52)(H,43,49,53)/b15-13+,23-14-,30-16-. The lowest BCUT2D eigenvalue weighted by molar-refractivity contribution is -0.123. The Morgan fingerprint density at radius 3 is 2.08 bits per heavy atom. The topological polar surface area (TPSA) is 213 Å². The summed E-state index contributed by atoms with van der Waals surface area (Å²) in [5, 5.41) is 18.2. The molecule has 0 spiro atoms. The number of carbonyl (C=O) groups excluding carboxylic acids is 5. The van der Waals surface area contributed by atoms with Gasteiger partial charge in [-0.15, -0.1) is 0 Å². The van der Waals surface area contributed by atoms with E-state index in [4.69, 9.17) is 0 Å². The van der Waals surface area contributed by atoms with Crippen LogP contribution in [0.25, 0.3) is 17.3 Å². The maximum Gasteiger partial charge on any atom is 0.335 e. The van der Waals surface area contributed by atoms with E-state index >= 15 is 0 Å². The van der Waals surface area contributed by atoms with Gasteiger partial charge in [0.05, 0.1) is 11.4 Å². The molecule has 1 aliphatic heterocycles. The zero-order chi connectivity index (χ0) is 38.1. The highest BCUT2D eigenvalue weighted by Crippen LogP contribution is 2.25. The van der Waals surface area contributed by atoms with E-state index in [-0.39, 0.29) is 41.6 Å². The van der Waals surface area contributed by atoms with E-state index in [1.165, 1.54) is 61.0 Å². The van der Waals surface area contributed by atoms with Crippen molar-refractivity contribution < 1.29 is 29.1 Å². The molecule has 0 atom stereocenters. The van der Waals surface area contributed by atoms with Crippen LogP contribution in [-0.2, 0) is 19.2 Å². The Kier molecular flexibility index (Phi) is 11.7. The lowest BCUT2D eigenvalue weighted by Crippen LogP contribution is -2.54. The van der Waals surface area contributed by atoms with Crippen molar-refractivity contribution in [1.82, 2.24) is 19.9 Å². The second-order valence-electron chi connectivity index (χ2n) is 11.7. The quantitative estimate of drug-likeness (QED) is 0.0797. The summed E-state index contributed by atoms with van der Waals surface area (Å²) in [7, 11) is 0. The van der Waals surface area contributed by atoms with Crippen LogP contribution in [0.15, 0.2) is 106 Å². The fourth-order valence-electron chi connectivity index (χ4n) is 5.32. The molecule has 1 saturated heterocycles. The van der Waals surface area contributed by atoms with Crippen LogP contribution in [0.3, 0.4) is 0 Å². The van der Waals surface area contributed by atoms with E-state index in [1.54, 1.807) is 36.4 Å². The van der Waals surface area contributed by atoms with Gasteiger partial charge in [-0.25, -0.2) is 19.1 Å². The lowest BCUT2D eigenvalue weighted by atomic mass is 10.0. The molecule has 2 aromatic carbocycles. The minimum Gasteiger partial charge on any atom is -0.494 e. The van der Waals surface area contributed by atoms with Gasteiger partial charge < -0.3 is 15.7 Å². The number of anilines is 3. The third kappa shape index (κ3) is 8.78. The molecule has 15 nitrogen and oxygen atoms in total. The fourth-order valence-corrected chi connectivity index (χ4v) is 5.32. The molecule has 1 fully saturated rings. The Morgan fingerprint density at radius 2 is 1.45 bits per heavy atom. The van der Waals surface area contributed by atoms with E-state index in [1.807, 2.05) is 13.8 Å². The molecule has 0 aliphatic carbocycles. The van der Waals surface area contributed by atoms with Crippen LogP contribution in [0.4, 0.5) is 21.9 Å². The number of rotatable bonds is 12. The van der Waals surface area contributed by atoms with Crippen molar-refractivity contribution in [1.29, 1.82) is 0 Å². The van der Waals surface area contributed by atoms with Gasteiger partial charge in [-0.05, 0) is 84.7 Å². The van der Waals surface area contributed by atoms with Crippen LogP contribution in [-0.4, -0.2) is 49.3 Å². The molecule has 2 aromatic heterocycles. The molecule has 53 heavy (non-hydrogen) atoms. The zero-order valence-corrected chi connectivity index (χ0v) is 28.7. The third-order valence-electron chi connectivity index (χ3n) is 7.82. The number of aromatic amines is 1. The average Bonchev–Trinajstić information content (AvgIpc) is 3.11. The second kappa shape index (κ2) is 16.7. The van der Waals surface area contributed by atoms with E-state index in [2.05, 4.69) is 25.9 Å². The van der Waals surface area contributed by atoms with Gasteiger partial charge in [-0.3, -0.25) is 39.3 Å². The maximum absolute atomic E-state index is 13.6. The monoisotopic (exact) mass is 717 g/mol. The molecule has 5 rings (SSSR count). The highest BCUT2D eigenvalue weighted by Gasteiger charge is 2.36. The predicted molar refractivity (Wildman–Crippen MR) is 198 cm³/mol. The SMILES string of the molecule is CCCC(=O)Nc1cccc(N2C(=O)NC(=O)/C(=C/C=C(/C=C/c3c(O)[nH]c(=O)n(-c4cccc(NC(=O)CCC)c4)c3=O)c3ccncc3)C2=O)c1. The molecule has 4 aromatic rings. The van der Waals surface area contributed by atoms with E-state index in [9.17, 15) is 38.7 Å². The highest BCUT2D eigenvalue weighted by molar-refractivity contribution is 6.37. The largest absolute Gasteiger partial charge is 0.494 e. The number of H-pyrrole nitrogens is 1. The number of hydrogen-bond acceptors (Lipinski definition) is 9. The molecule has 0 bridgehead atoms. The minimum absolute atomic E-state index is 0.108. The molecule has 1 aliphatic rings. The van der Waals surface area contributed by atoms with Gasteiger partial charge in [-0.2, -0.15) is 0 Å². The molecule has 0 unspecified atom stereocenters. The normalized spacial score (nSPS) is 14.1. The summed E-state index contributed by atoms with van der Waals surface area (Å²) < 4.78 is 0.799.